The van der Waals surface area contributed by atoms with Gasteiger partial charge < -0.3 is 15.5 Å². The van der Waals surface area contributed by atoms with E-state index in [1.54, 1.807) is 13.0 Å². The predicted molar refractivity (Wildman–Crippen MR) is 125 cm³/mol. The highest BCUT2D eigenvalue weighted by Crippen LogP contribution is 2.59. The molecule has 6 heteroatoms. The Labute approximate surface area is 190 Å². The zero-order chi connectivity index (χ0) is 23.5. The van der Waals surface area contributed by atoms with Gasteiger partial charge in [0, 0.05) is 24.5 Å². The van der Waals surface area contributed by atoms with Crippen LogP contribution in [0.4, 0.5) is 4.39 Å². The lowest BCUT2D eigenvalue weighted by Crippen LogP contribution is -2.42. The highest BCUT2D eigenvalue weighted by atomic mass is 19.1. The summed E-state index contributed by atoms with van der Waals surface area (Å²) >= 11 is 0. The number of carbonyl (C=O) groups is 2. The van der Waals surface area contributed by atoms with Crippen molar-refractivity contribution >= 4 is 11.8 Å². The van der Waals surface area contributed by atoms with Crippen molar-refractivity contribution in [2.45, 2.75) is 38.6 Å². The van der Waals surface area contributed by atoms with Crippen LogP contribution in [-0.2, 0) is 16.6 Å². The molecule has 0 aromatic heterocycles. The molecular weight excluding hydrogens is 405 g/mol. The number of likely N-dealkylation sites (N-methyl/N-ethyl adjacent to an activating group) is 1. The van der Waals surface area contributed by atoms with Crippen molar-refractivity contribution in [3.8, 4) is 0 Å². The zero-order valence-corrected chi connectivity index (χ0v) is 19.6. The maximum Gasteiger partial charge on any atom is 0.254 e. The summed E-state index contributed by atoms with van der Waals surface area (Å²) in [5.41, 5.74) is 1.89. The van der Waals surface area contributed by atoms with Crippen LogP contribution in [0.3, 0.4) is 0 Å². The van der Waals surface area contributed by atoms with E-state index in [4.69, 9.17) is 0 Å². The van der Waals surface area contributed by atoms with Gasteiger partial charge in [0.2, 0.25) is 5.91 Å². The summed E-state index contributed by atoms with van der Waals surface area (Å²) in [5, 5.41) is 5.74. The van der Waals surface area contributed by atoms with Crippen molar-refractivity contribution in [3.63, 3.8) is 0 Å². The first-order valence-corrected chi connectivity index (χ1v) is 11.3. The number of hydrogen-bond donors (Lipinski definition) is 2. The minimum absolute atomic E-state index is 0.00528. The number of benzene rings is 2. The van der Waals surface area contributed by atoms with Gasteiger partial charge in [0.15, 0.2) is 0 Å². The number of nitrogens with one attached hydrogen (secondary N) is 2. The molecule has 172 valence electrons. The fourth-order valence-corrected chi connectivity index (χ4v) is 4.63. The molecule has 5 nitrogen and oxygen atoms in total. The van der Waals surface area contributed by atoms with Crippen LogP contribution in [0, 0.1) is 17.7 Å². The first kappa shape index (κ1) is 23.9. The van der Waals surface area contributed by atoms with E-state index in [0.29, 0.717) is 19.5 Å². The van der Waals surface area contributed by atoms with E-state index in [1.807, 2.05) is 37.2 Å². The second-order valence-corrected chi connectivity index (χ2v) is 9.16. The molecule has 0 bridgehead atoms. The molecule has 0 saturated heterocycles. The van der Waals surface area contributed by atoms with Gasteiger partial charge in [0.1, 0.15) is 5.82 Å². The molecule has 0 heterocycles. The Balaban J connectivity index is 1.62. The van der Waals surface area contributed by atoms with E-state index >= 15 is 0 Å². The fourth-order valence-electron chi connectivity index (χ4n) is 4.63. The molecule has 2 aromatic carbocycles. The maximum absolute atomic E-state index is 14.4. The monoisotopic (exact) mass is 439 g/mol. The summed E-state index contributed by atoms with van der Waals surface area (Å²) in [7, 11) is 3.90. The van der Waals surface area contributed by atoms with Crippen LogP contribution in [0.25, 0.3) is 0 Å². The summed E-state index contributed by atoms with van der Waals surface area (Å²) < 4.78 is 14.4. The van der Waals surface area contributed by atoms with Crippen LogP contribution in [0.15, 0.2) is 48.5 Å². The summed E-state index contributed by atoms with van der Waals surface area (Å²) in [4.78, 5) is 26.9. The second-order valence-electron chi connectivity index (χ2n) is 9.16. The Kier molecular flexibility index (Phi) is 7.34. The summed E-state index contributed by atoms with van der Waals surface area (Å²) in [6, 6.07) is 14.9. The average Bonchev–Trinajstić information content (AvgIpc) is 3.33. The Morgan fingerprint density at radius 3 is 2.41 bits per heavy atom. The quantitative estimate of drug-likeness (QED) is 0.630. The SMILES string of the molecule is CCNC(=O)c1ccc(C[C@@H](CNC(=O)C2C(C)[C@]2(C)c2ccccc2)N(C)C)cc1F. The van der Waals surface area contributed by atoms with E-state index in [9.17, 15) is 14.0 Å². The van der Waals surface area contributed by atoms with Crippen molar-refractivity contribution in [2.75, 3.05) is 27.2 Å². The van der Waals surface area contributed by atoms with Crippen LogP contribution in [0.1, 0.15) is 42.3 Å². The van der Waals surface area contributed by atoms with Gasteiger partial charge in [0.25, 0.3) is 5.91 Å². The third kappa shape index (κ3) is 4.85. The van der Waals surface area contributed by atoms with Crippen LogP contribution < -0.4 is 10.6 Å². The van der Waals surface area contributed by atoms with Gasteiger partial charge in [-0.05, 0) is 56.6 Å². The molecule has 2 amide bonds. The van der Waals surface area contributed by atoms with Gasteiger partial charge in [-0.15, -0.1) is 0 Å². The molecule has 32 heavy (non-hydrogen) atoms. The topological polar surface area (TPSA) is 61.4 Å². The number of hydrogen-bond acceptors (Lipinski definition) is 3. The molecule has 4 atom stereocenters. The summed E-state index contributed by atoms with van der Waals surface area (Å²) in [5.74, 6) is -0.651. The van der Waals surface area contributed by atoms with Gasteiger partial charge in [-0.1, -0.05) is 50.2 Å². The lowest BCUT2D eigenvalue weighted by molar-refractivity contribution is -0.123. The highest BCUT2D eigenvalue weighted by molar-refractivity contribution is 5.94. The fraction of sp³-hybridized carbons (Fsp3) is 0.462. The zero-order valence-electron chi connectivity index (χ0n) is 19.6. The molecular formula is C26H34FN3O2. The van der Waals surface area contributed by atoms with Crippen LogP contribution >= 0.6 is 0 Å². The van der Waals surface area contributed by atoms with Gasteiger partial charge in [-0.2, -0.15) is 0 Å². The van der Waals surface area contributed by atoms with E-state index < -0.39 is 11.7 Å². The molecule has 1 saturated carbocycles. The number of halogens is 1. The van der Waals surface area contributed by atoms with E-state index in [-0.39, 0.29) is 34.8 Å². The minimum Gasteiger partial charge on any atom is -0.354 e. The average molecular weight is 440 g/mol. The van der Waals surface area contributed by atoms with Crippen LogP contribution in [-0.4, -0.2) is 49.9 Å². The largest absolute Gasteiger partial charge is 0.354 e. The normalized spacial score (nSPS) is 23.0. The van der Waals surface area contributed by atoms with Gasteiger partial charge >= 0.3 is 0 Å². The minimum atomic E-state index is -0.527. The van der Waals surface area contributed by atoms with Crippen molar-refractivity contribution in [3.05, 3.63) is 71.0 Å². The van der Waals surface area contributed by atoms with Crippen molar-refractivity contribution in [1.82, 2.24) is 15.5 Å². The standard InChI is InChI=1S/C26H34FN3O2/c1-6-28-24(31)21-13-12-18(15-22(21)27)14-20(30(4)5)16-29-25(32)23-17(2)26(23,3)19-10-8-7-9-11-19/h7-13,15,17,20,23H,6,14,16H2,1-5H3,(H,28,31)(H,29,32)/t17?,20-,23?,26+/m0/s1. The predicted octanol–water partition coefficient (Wildman–Crippen LogP) is 3.39. The first-order valence-electron chi connectivity index (χ1n) is 11.3. The van der Waals surface area contributed by atoms with Gasteiger partial charge in [-0.25, -0.2) is 4.39 Å². The molecule has 0 aliphatic heterocycles. The van der Waals surface area contributed by atoms with Crippen LogP contribution in [0.2, 0.25) is 0 Å². The third-order valence-electron chi connectivity index (χ3n) is 6.99. The molecule has 2 unspecified atom stereocenters. The molecule has 3 rings (SSSR count). The van der Waals surface area contributed by atoms with Crippen LogP contribution in [0.5, 0.6) is 0 Å². The maximum atomic E-state index is 14.4. The van der Waals surface area contributed by atoms with Gasteiger partial charge in [-0.3, -0.25) is 9.59 Å². The number of rotatable bonds is 9. The Morgan fingerprint density at radius 2 is 1.81 bits per heavy atom. The second kappa shape index (κ2) is 9.82. The Hall–Kier alpha value is -2.73. The Morgan fingerprint density at radius 1 is 1.12 bits per heavy atom. The smallest absolute Gasteiger partial charge is 0.254 e. The Bertz CT molecular complexity index is 963. The molecule has 0 spiro atoms. The van der Waals surface area contributed by atoms with Crippen molar-refractivity contribution < 1.29 is 14.0 Å². The van der Waals surface area contributed by atoms with E-state index in [2.05, 4.69) is 36.6 Å². The summed E-state index contributed by atoms with van der Waals surface area (Å²) in [6.45, 7) is 7.00. The third-order valence-corrected chi connectivity index (χ3v) is 6.99. The molecule has 2 N–H and O–H groups in total. The molecule has 0 radical (unpaired) electrons. The molecule has 1 aliphatic carbocycles. The van der Waals surface area contributed by atoms with Crippen molar-refractivity contribution in [1.29, 1.82) is 0 Å². The highest BCUT2D eigenvalue weighted by Gasteiger charge is 2.62. The number of carbonyl (C=O) groups excluding carboxylic acids is 2. The lowest BCUT2D eigenvalue weighted by atomic mass is 9.94. The molecule has 1 fully saturated rings. The lowest BCUT2D eigenvalue weighted by Gasteiger charge is -2.25. The molecule has 1 aliphatic rings. The number of nitrogens with zero attached hydrogens (tertiary/aromatic N) is 1. The van der Waals surface area contributed by atoms with E-state index in [1.165, 1.54) is 17.7 Å². The van der Waals surface area contributed by atoms with E-state index in [0.717, 1.165) is 5.56 Å². The first-order chi connectivity index (χ1) is 15.2. The van der Waals surface area contributed by atoms with Gasteiger partial charge in [0.05, 0.1) is 11.5 Å². The molecule has 2 aromatic rings. The van der Waals surface area contributed by atoms with Crippen molar-refractivity contribution in [2.24, 2.45) is 11.8 Å². The number of amides is 2. The summed E-state index contributed by atoms with van der Waals surface area (Å²) in [6.07, 6.45) is 0.566.